The number of hydrogen-bond acceptors (Lipinski definition) is 6. The van der Waals surface area contributed by atoms with Crippen LogP contribution in [0.2, 0.25) is 0 Å². The molecule has 0 radical (unpaired) electrons. The molecule has 0 spiro atoms. The number of carbonyl (C=O) groups is 1. The molecule has 1 heterocycles. The third-order valence-electron chi connectivity index (χ3n) is 4.43. The highest BCUT2D eigenvalue weighted by Gasteiger charge is 2.16. The van der Waals surface area contributed by atoms with Crippen molar-refractivity contribution in [2.24, 2.45) is 5.10 Å². The average Bonchev–Trinajstić information content (AvgIpc) is 2.76. The number of ether oxygens (including phenoxy) is 2. The Bertz CT molecular complexity index is 949. The van der Waals surface area contributed by atoms with Crippen LogP contribution in [0.1, 0.15) is 18.1 Å². The minimum atomic E-state index is -0.484. The van der Waals surface area contributed by atoms with E-state index >= 15 is 0 Å². The molecule has 0 saturated carbocycles. The van der Waals surface area contributed by atoms with Gasteiger partial charge in [0.05, 0.1) is 30.2 Å². The number of carbonyl (C=O) groups excluding carboxylic acids is 1. The summed E-state index contributed by atoms with van der Waals surface area (Å²) in [6.45, 7) is 3.83. The second-order valence-electron chi connectivity index (χ2n) is 6.39. The van der Waals surface area contributed by atoms with Gasteiger partial charge in [-0.15, -0.1) is 0 Å². The van der Waals surface area contributed by atoms with Crippen LogP contribution in [0.5, 0.6) is 5.75 Å². The van der Waals surface area contributed by atoms with Crippen molar-refractivity contribution >= 4 is 17.3 Å². The molecule has 0 aromatic heterocycles. The number of nitrogens with zero attached hydrogens (tertiary/aromatic N) is 3. The van der Waals surface area contributed by atoms with Crippen molar-refractivity contribution in [3.63, 3.8) is 0 Å². The molecule has 1 aliphatic heterocycles. The van der Waals surface area contributed by atoms with Crippen LogP contribution in [0.4, 0.5) is 10.1 Å². The van der Waals surface area contributed by atoms with Gasteiger partial charge in [-0.2, -0.15) is 10.4 Å². The fourth-order valence-corrected chi connectivity index (χ4v) is 2.86. The first-order valence-electron chi connectivity index (χ1n) is 9.16. The van der Waals surface area contributed by atoms with Crippen LogP contribution in [0, 0.1) is 17.1 Å². The maximum atomic E-state index is 14.5. The zero-order valence-electron chi connectivity index (χ0n) is 16.0. The standard InChI is InChI=1S/C21H21FN4O3/c1-15(16-6-7-19(18(22)12-16)26-8-10-28-11-9-26)24-25-21(27)14-29-20-5-3-2-4-17(20)13-23/h2-7,12H,8-11,14H2,1H3,(H,25,27)/b24-15-. The first-order chi connectivity index (χ1) is 14.1. The number of amides is 1. The molecule has 7 nitrogen and oxygen atoms in total. The van der Waals surface area contributed by atoms with Crippen LogP contribution < -0.4 is 15.1 Å². The van der Waals surface area contributed by atoms with Gasteiger partial charge in [-0.25, -0.2) is 9.82 Å². The summed E-state index contributed by atoms with van der Waals surface area (Å²) in [4.78, 5) is 13.9. The Kier molecular flexibility index (Phi) is 6.76. The van der Waals surface area contributed by atoms with E-state index in [-0.39, 0.29) is 12.4 Å². The fourth-order valence-electron chi connectivity index (χ4n) is 2.86. The van der Waals surface area contributed by atoms with Crippen LogP contribution in [-0.4, -0.2) is 44.5 Å². The van der Waals surface area contributed by atoms with E-state index in [4.69, 9.17) is 14.7 Å². The Balaban J connectivity index is 1.58. The van der Waals surface area contributed by atoms with E-state index in [9.17, 15) is 9.18 Å². The molecule has 1 aliphatic rings. The van der Waals surface area contributed by atoms with Crippen LogP contribution in [0.25, 0.3) is 0 Å². The number of nitrogens with one attached hydrogen (secondary N) is 1. The van der Waals surface area contributed by atoms with E-state index in [0.29, 0.717) is 54.6 Å². The first-order valence-corrected chi connectivity index (χ1v) is 9.16. The van der Waals surface area contributed by atoms with E-state index in [0.717, 1.165) is 0 Å². The van der Waals surface area contributed by atoms with Gasteiger partial charge in [-0.1, -0.05) is 18.2 Å². The van der Waals surface area contributed by atoms with Crippen molar-refractivity contribution in [1.29, 1.82) is 5.26 Å². The molecule has 0 aliphatic carbocycles. The monoisotopic (exact) mass is 396 g/mol. The fraction of sp³-hybridized carbons (Fsp3) is 0.286. The number of nitriles is 1. The Morgan fingerprint density at radius 3 is 2.79 bits per heavy atom. The van der Waals surface area contributed by atoms with Crippen molar-refractivity contribution < 1.29 is 18.7 Å². The summed E-state index contributed by atoms with van der Waals surface area (Å²) >= 11 is 0. The molecule has 29 heavy (non-hydrogen) atoms. The first kappa shape index (κ1) is 20.3. The molecule has 0 bridgehead atoms. The summed E-state index contributed by atoms with van der Waals surface area (Å²) in [6, 6.07) is 13.5. The number of hydrogen-bond donors (Lipinski definition) is 1. The normalized spacial score (nSPS) is 14.2. The molecule has 1 saturated heterocycles. The second kappa shape index (κ2) is 9.66. The highest BCUT2D eigenvalue weighted by Crippen LogP contribution is 2.22. The number of rotatable bonds is 6. The summed E-state index contributed by atoms with van der Waals surface area (Å²) in [7, 11) is 0. The van der Waals surface area contributed by atoms with Crippen molar-refractivity contribution in [2.45, 2.75) is 6.92 Å². The Morgan fingerprint density at radius 2 is 2.07 bits per heavy atom. The molecule has 2 aromatic rings. The molecule has 1 fully saturated rings. The lowest BCUT2D eigenvalue weighted by molar-refractivity contribution is -0.123. The molecule has 1 N–H and O–H groups in total. The molecule has 8 heteroatoms. The number of anilines is 1. The van der Waals surface area contributed by atoms with Crippen molar-refractivity contribution in [1.82, 2.24) is 5.43 Å². The average molecular weight is 396 g/mol. The highest BCUT2D eigenvalue weighted by molar-refractivity contribution is 5.99. The molecule has 2 aromatic carbocycles. The van der Waals surface area contributed by atoms with Gasteiger partial charge in [-0.05, 0) is 31.2 Å². The van der Waals surface area contributed by atoms with Crippen LogP contribution in [0.3, 0.4) is 0 Å². The maximum Gasteiger partial charge on any atom is 0.277 e. The van der Waals surface area contributed by atoms with E-state index in [1.807, 2.05) is 11.0 Å². The van der Waals surface area contributed by atoms with E-state index in [1.54, 1.807) is 43.3 Å². The SMILES string of the molecule is C/C(=N/NC(=O)COc1ccccc1C#N)c1ccc(N2CCOCC2)c(F)c1. The van der Waals surface area contributed by atoms with Gasteiger partial charge in [-0.3, -0.25) is 4.79 Å². The summed E-state index contributed by atoms with van der Waals surface area (Å²) in [5, 5.41) is 13.0. The Morgan fingerprint density at radius 1 is 1.31 bits per heavy atom. The number of halogens is 1. The molecular weight excluding hydrogens is 375 g/mol. The van der Waals surface area contributed by atoms with Gasteiger partial charge in [0.1, 0.15) is 17.6 Å². The molecule has 150 valence electrons. The van der Waals surface area contributed by atoms with Gasteiger partial charge in [0.25, 0.3) is 5.91 Å². The second-order valence-corrected chi connectivity index (χ2v) is 6.39. The molecule has 0 atom stereocenters. The summed E-state index contributed by atoms with van der Waals surface area (Å²) in [5.74, 6) is -0.504. The number of benzene rings is 2. The van der Waals surface area contributed by atoms with Crippen LogP contribution >= 0.6 is 0 Å². The summed E-state index contributed by atoms with van der Waals surface area (Å²) in [5.41, 5.74) is 4.27. The lowest BCUT2D eigenvalue weighted by atomic mass is 10.1. The summed E-state index contributed by atoms with van der Waals surface area (Å²) < 4.78 is 25.1. The molecule has 0 unspecified atom stereocenters. The Hall–Kier alpha value is -3.44. The minimum absolute atomic E-state index is 0.292. The minimum Gasteiger partial charge on any atom is -0.482 e. The molecule has 3 rings (SSSR count). The number of para-hydroxylation sites is 1. The zero-order valence-corrected chi connectivity index (χ0v) is 16.0. The smallest absolute Gasteiger partial charge is 0.277 e. The maximum absolute atomic E-state index is 14.5. The van der Waals surface area contributed by atoms with E-state index in [2.05, 4.69) is 10.5 Å². The predicted molar refractivity (Wildman–Crippen MR) is 106 cm³/mol. The lowest BCUT2D eigenvalue weighted by Crippen LogP contribution is -2.36. The van der Waals surface area contributed by atoms with Crippen LogP contribution in [-0.2, 0) is 9.53 Å². The third kappa shape index (κ3) is 5.30. The van der Waals surface area contributed by atoms with E-state index < -0.39 is 5.91 Å². The van der Waals surface area contributed by atoms with Crippen molar-refractivity contribution in [3.8, 4) is 11.8 Å². The van der Waals surface area contributed by atoms with Crippen molar-refractivity contribution in [2.75, 3.05) is 37.8 Å². The molecular formula is C21H21FN4O3. The van der Waals surface area contributed by atoms with Gasteiger partial charge in [0, 0.05) is 18.7 Å². The van der Waals surface area contributed by atoms with Crippen LogP contribution in [0.15, 0.2) is 47.6 Å². The Labute approximate surface area is 168 Å². The topological polar surface area (TPSA) is 86.9 Å². The highest BCUT2D eigenvalue weighted by atomic mass is 19.1. The van der Waals surface area contributed by atoms with Gasteiger partial charge >= 0.3 is 0 Å². The zero-order chi connectivity index (χ0) is 20.6. The predicted octanol–water partition coefficient (Wildman–Crippen LogP) is 2.45. The largest absolute Gasteiger partial charge is 0.482 e. The lowest BCUT2D eigenvalue weighted by Gasteiger charge is -2.29. The van der Waals surface area contributed by atoms with Gasteiger partial charge in [0.15, 0.2) is 6.61 Å². The summed E-state index contributed by atoms with van der Waals surface area (Å²) in [6.07, 6.45) is 0. The van der Waals surface area contributed by atoms with Gasteiger partial charge < -0.3 is 14.4 Å². The third-order valence-corrected chi connectivity index (χ3v) is 4.43. The molecule has 1 amide bonds. The number of hydrazone groups is 1. The quantitative estimate of drug-likeness (QED) is 0.599. The van der Waals surface area contributed by atoms with Gasteiger partial charge in [0.2, 0.25) is 0 Å². The van der Waals surface area contributed by atoms with Crippen molar-refractivity contribution in [3.05, 3.63) is 59.4 Å². The van der Waals surface area contributed by atoms with E-state index in [1.165, 1.54) is 6.07 Å². The number of morpholine rings is 1.